The highest BCUT2D eigenvalue weighted by molar-refractivity contribution is 6.06. The first-order chi connectivity index (χ1) is 24.0. The molecule has 292 valence electrons. The summed E-state index contributed by atoms with van der Waals surface area (Å²) >= 11 is 0. The number of rotatable bonds is 40. The van der Waals surface area contributed by atoms with E-state index in [9.17, 15) is 14.7 Å². The van der Waals surface area contributed by atoms with Crippen molar-refractivity contribution in [1.29, 1.82) is 0 Å². The van der Waals surface area contributed by atoms with Crippen LogP contribution in [0.4, 0.5) is 0 Å². The van der Waals surface area contributed by atoms with Gasteiger partial charge in [-0.15, -0.1) is 0 Å². The third kappa shape index (κ3) is 29.3. The Morgan fingerprint density at radius 1 is 0.490 bits per heavy atom. The minimum atomic E-state index is -1.99. The lowest BCUT2D eigenvalue weighted by atomic mass is 9.88. The van der Waals surface area contributed by atoms with E-state index >= 15 is 0 Å². The van der Waals surface area contributed by atoms with Crippen LogP contribution in [-0.2, 0) is 14.3 Å². The molecule has 0 aromatic rings. The van der Waals surface area contributed by atoms with Crippen LogP contribution in [-0.4, -0.2) is 40.3 Å². The van der Waals surface area contributed by atoms with Gasteiger partial charge in [-0.2, -0.15) is 0 Å². The number of esters is 1. The molecule has 0 aliphatic rings. The summed E-state index contributed by atoms with van der Waals surface area (Å²) in [5, 5.41) is 20.4. The standard InChI is InChI=1S/C44H86O5/c1-4-7-9-10-11-12-13-14-19-22-25-28-31-35-39-44(48,43(47)49-41(6-3)37-33-8-5-2)42(46)38-34-30-27-24-21-18-16-15-17-20-23-26-29-32-36-40-45/h41,45,48H,4-40H2,1-3H3. The first-order valence-corrected chi connectivity index (χ1v) is 22.0. The third-order valence-electron chi connectivity index (χ3n) is 10.6. The first kappa shape index (κ1) is 48.1. The number of hydrogen-bond acceptors (Lipinski definition) is 5. The average molecular weight is 695 g/mol. The Hall–Kier alpha value is -0.940. The Kier molecular flexibility index (Phi) is 36.1. The van der Waals surface area contributed by atoms with E-state index in [1.165, 1.54) is 135 Å². The summed E-state index contributed by atoms with van der Waals surface area (Å²) in [5.41, 5.74) is -1.99. The minimum absolute atomic E-state index is 0.192. The Bertz CT molecular complexity index is 709. The van der Waals surface area contributed by atoms with Crippen LogP contribution in [0.25, 0.3) is 0 Å². The molecule has 0 spiro atoms. The number of Topliss-reactive ketones (excluding diaryl/α,β-unsaturated/α-hetero) is 1. The van der Waals surface area contributed by atoms with Gasteiger partial charge in [-0.1, -0.05) is 201 Å². The lowest BCUT2D eigenvalue weighted by Gasteiger charge is -2.27. The van der Waals surface area contributed by atoms with Gasteiger partial charge in [0, 0.05) is 13.0 Å². The molecule has 0 amide bonds. The number of unbranched alkanes of at least 4 members (excludes halogenated alkanes) is 29. The molecule has 0 aliphatic heterocycles. The molecule has 0 saturated carbocycles. The van der Waals surface area contributed by atoms with Gasteiger partial charge in [-0.05, 0) is 44.9 Å². The van der Waals surface area contributed by atoms with Crippen LogP contribution < -0.4 is 0 Å². The summed E-state index contributed by atoms with van der Waals surface area (Å²) in [4.78, 5) is 26.7. The van der Waals surface area contributed by atoms with Crippen LogP contribution in [0.3, 0.4) is 0 Å². The highest BCUT2D eigenvalue weighted by Gasteiger charge is 2.44. The quantitative estimate of drug-likeness (QED) is 0.0379. The van der Waals surface area contributed by atoms with Crippen molar-refractivity contribution in [3.8, 4) is 0 Å². The van der Waals surface area contributed by atoms with Gasteiger partial charge in [-0.3, -0.25) is 4.79 Å². The maximum absolute atomic E-state index is 13.4. The molecule has 0 aromatic carbocycles. The number of ether oxygens (including phenoxy) is 1. The van der Waals surface area contributed by atoms with Crippen molar-refractivity contribution < 1.29 is 24.5 Å². The van der Waals surface area contributed by atoms with Crippen LogP contribution in [0.1, 0.15) is 252 Å². The topological polar surface area (TPSA) is 83.8 Å². The largest absolute Gasteiger partial charge is 0.460 e. The highest BCUT2D eigenvalue weighted by atomic mass is 16.6. The van der Waals surface area contributed by atoms with Gasteiger partial charge >= 0.3 is 5.97 Å². The molecule has 0 saturated heterocycles. The number of aliphatic hydroxyl groups excluding tert-OH is 1. The predicted molar refractivity (Wildman–Crippen MR) is 210 cm³/mol. The SMILES string of the molecule is CCCCCCCCCCCCCCCCC(O)(C(=O)CCCCCCCCCCCCCCCCCO)C(=O)OC(CC)CCCCC. The van der Waals surface area contributed by atoms with Gasteiger partial charge in [0.25, 0.3) is 0 Å². The lowest BCUT2D eigenvalue weighted by Crippen LogP contribution is -2.49. The van der Waals surface area contributed by atoms with Crippen molar-refractivity contribution >= 4 is 11.8 Å². The van der Waals surface area contributed by atoms with Crippen molar-refractivity contribution in [3.05, 3.63) is 0 Å². The van der Waals surface area contributed by atoms with E-state index in [1.807, 2.05) is 6.92 Å². The van der Waals surface area contributed by atoms with Crippen molar-refractivity contribution in [1.82, 2.24) is 0 Å². The predicted octanol–water partition coefficient (Wildman–Crippen LogP) is 13.3. The zero-order chi connectivity index (χ0) is 36.1. The number of hydrogen-bond donors (Lipinski definition) is 2. The van der Waals surface area contributed by atoms with Crippen LogP contribution in [0.15, 0.2) is 0 Å². The smallest absolute Gasteiger partial charge is 0.346 e. The molecule has 5 heteroatoms. The van der Waals surface area contributed by atoms with Crippen LogP contribution in [0.2, 0.25) is 0 Å². The lowest BCUT2D eigenvalue weighted by molar-refractivity contribution is -0.176. The Labute approximate surface area is 305 Å². The van der Waals surface area contributed by atoms with Gasteiger partial charge < -0.3 is 14.9 Å². The normalized spacial score (nSPS) is 13.4. The molecule has 0 aromatic heterocycles. The fraction of sp³-hybridized carbons (Fsp3) is 0.955. The number of carbonyl (C=O) groups is 2. The fourth-order valence-electron chi connectivity index (χ4n) is 7.05. The molecule has 2 N–H and O–H groups in total. The van der Waals surface area contributed by atoms with Crippen molar-refractivity contribution in [3.63, 3.8) is 0 Å². The molecule has 0 radical (unpaired) electrons. The molecule has 0 heterocycles. The zero-order valence-electron chi connectivity index (χ0n) is 33.4. The molecule has 0 fully saturated rings. The molecule has 49 heavy (non-hydrogen) atoms. The van der Waals surface area contributed by atoms with Gasteiger partial charge in [-0.25, -0.2) is 4.79 Å². The Morgan fingerprint density at radius 2 is 0.837 bits per heavy atom. The van der Waals surface area contributed by atoms with Crippen LogP contribution in [0, 0.1) is 0 Å². The monoisotopic (exact) mass is 695 g/mol. The summed E-state index contributed by atoms with van der Waals surface area (Å²) in [6.45, 7) is 6.78. The molecule has 0 rings (SSSR count). The Morgan fingerprint density at radius 3 is 1.22 bits per heavy atom. The van der Waals surface area contributed by atoms with E-state index in [2.05, 4.69) is 13.8 Å². The first-order valence-electron chi connectivity index (χ1n) is 22.0. The molecule has 0 aliphatic carbocycles. The van der Waals surface area contributed by atoms with E-state index in [0.29, 0.717) is 19.4 Å². The second-order valence-corrected chi connectivity index (χ2v) is 15.3. The van der Waals surface area contributed by atoms with E-state index in [0.717, 1.165) is 70.6 Å². The maximum Gasteiger partial charge on any atom is 0.346 e. The molecule has 2 atom stereocenters. The van der Waals surface area contributed by atoms with Gasteiger partial charge in [0.1, 0.15) is 6.10 Å². The molecular weight excluding hydrogens is 608 g/mol. The fourth-order valence-corrected chi connectivity index (χ4v) is 7.05. The number of ketones is 1. The van der Waals surface area contributed by atoms with Crippen LogP contribution >= 0.6 is 0 Å². The second-order valence-electron chi connectivity index (χ2n) is 15.3. The summed E-state index contributed by atoms with van der Waals surface area (Å²) in [5.74, 6) is -1.03. The molecular formula is C44H86O5. The van der Waals surface area contributed by atoms with E-state index in [1.54, 1.807) is 0 Å². The summed E-state index contributed by atoms with van der Waals surface area (Å²) in [7, 11) is 0. The van der Waals surface area contributed by atoms with E-state index in [-0.39, 0.29) is 24.7 Å². The molecule has 0 bridgehead atoms. The number of carbonyl (C=O) groups excluding carboxylic acids is 2. The summed E-state index contributed by atoms with van der Waals surface area (Å²) in [6.07, 6.45) is 40.2. The van der Waals surface area contributed by atoms with Crippen LogP contribution in [0.5, 0.6) is 0 Å². The van der Waals surface area contributed by atoms with Gasteiger partial charge in [0.05, 0.1) is 0 Å². The van der Waals surface area contributed by atoms with Gasteiger partial charge in [0.15, 0.2) is 5.78 Å². The van der Waals surface area contributed by atoms with Crippen molar-refractivity contribution in [2.75, 3.05) is 6.61 Å². The van der Waals surface area contributed by atoms with E-state index in [4.69, 9.17) is 9.84 Å². The molecule has 5 nitrogen and oxygen atoms in total. The second kappa shape index (κ2) is 36.8. The Balaban J connectivity index is 4.38. The minimum Gasteiger partial charge on any atom is -0.460 e. The maximum atomic E-state index is 13.4. The van der Waals surface area contributed by atoms with Gasteiger partial charge in [0.2, 0.25) is 5.60 Å². The van der Waals surface area contributed by atoms with E-state index < -0.39 is 11.6 Å². The average Bonchev–Trinajstić information content (AvgIpc) is 3.10. The highest BCUT2D eigenvalue weighted by Crippen LogP contribution is 2.25. The van der Waals surface area contributed by atoms with Crippen molar-refractivity contribution in [2.24, 2.45) is 0 Å². The van der Waals surface area contributed by atoms with Crippen molar-refractivity contribution in [2.45, 2.75) is 264 Å². The molecule has 2 unspecified atom stereocenters. The number of aliphatic hydroxyl groups is 2. The zero-order valence-corrected chi connectivity index (χ0v) is 33.4. The summed E-state index contributed by atoms with van der Waals surface area (Å²) in [6, 6.07) is 0. The summed E-state index contributed by atoms with van der Waals surface area (Å²) < 4.78 is 5.82. The third-order valence-corrected chi connectivity index (χ3v) is 10.6.